The van der Waals surface area contributed by atoms with Gasteiger partial charge in [0, 0.05) is 6.54 Å². The van der Waals surface area contributed by atoms with E-state index in [1.165, 1.54) is 17.3 Å². The molecule has 3 heterocycles. The molecule has 0 saturated heterocycles. The van der Waals surface area contributed by atoms with E-state index in [4.69, 9.17) is 10.6 Å². The van der Waals surface area contributed by atoms with Gasteiger partial charge in [-0.1, -0.05) is 0 Å². The Balaban J connectivity index is 1.92. The third-order valence-corrected chi connectivity index (χ3v) is 2.50. The van der Waals surface area contributed by atoms with E-state index in [9.17, 15) is 0 Å². The molecule has 0 aliphatic carbocycles. The largest absolute Gasteiger partial charge is 0.421 e. The molecule has 0 radical (unpaired) electrons. The molecule has 11 nitrogen and oxygen atoms in total. The molecular formula is C10H12N10O. The lowest BCUT2D eigenvalue weighted by Gasteiger charge is -2.05. The van der Waals surface area contributed by atoms with Crippen LogP contribution < -0.4 is 16.0 Å². The number of rotatable bonds is 5. The third kappa shape index (κ3) is 2.76. The van der Waals surface area contributed by atoms with Crippen molar-refractivity contribution < 1.29 is 4.74 Å². The maximum atomic E-state index is 5.54. The highest BCUT2D eigenvalue weighted by Gasteiger charge is 2.11. The number of hydrazine groups is 1. The van der Waals surface area contributed by atoms with Crippen LogP contribution in [0.25, 0.3) is 5.95 Å². The molecule has 0 saturated carbocycles. The van der Waals surface area contributed by atoms with Crippen molar-refractivity contribution in [2.45, 2.75) is 13.5 Å². The summed E-state index contributed by atoms with van der Waals surface area (Å²) < 4.78 is 8.62. The van der Waals surface area contributed by atoms with Crippen molar-refractivity contribution in [3.05, 3.63) is 25.0 Å². The molecule has 0 aromatic carbocycles. The number of hydrogen-bond acceptors (Lipinski definition) is 9. The highest BCUT2D eigenvalue weighted by atomic mass is 16.5. The number of nitrogens with two attached hydrogens (primary N) is 1. The first-order valence-corrected chi connectivity index (χ1v) is 6.06. The van der Waals surface area contributed by atoms with Crippen molar-refractivity contribution in [1.82, 2.24) is 39.5 Å². The van der Waals surface area contributed by atoms with Crippen LogP contribution in [0.1, 0.15) is 6.92 Å². The normalized spacial score (nSPS) is 10.6. The number of ether oxygens (including phenoxy) is 1. The molecule has 3 aromatic rings. The van der Waals surface area contributed by atoms with Crippen molar-refractivity contribution in [2.24, 2.45) is 5.84 Å². The monoisotopic (exact) mass is 288 g/mol. The lowest BCUT2D eigenvalue weighted by molar-refractivity contribution is 0.437. The molecule has 0 atom stereocenters. The second kappa shape index (κ2) is 5.50. The van der Waals surface area contributed by atoms with Gasteiger partial charge >= 0.3 is 6.01 Å². The number of aryl methyl sites for hydroxylation is 1. The van der Waals surface area contributed by atoms with Crippen LogP contribution in [-0.4, -0.2) is 39.5 Å². The molecule has 11 heteroatoms. The fraction of sp³-hybridized carbons (Fsp3) is 0.200. The molecule has 0 fully saturated rings. The first kappa shape index (κ1) is 12.9. The van der Waals surface area contributed by atoms with Crippen molar-refractivity contribution >= 4 is 5.95 Å². The van der Waals surface area contributed by atoms with Crippen LogP contribution >= 0.6 is 0 Å². The van der Waals surface area contributed by atoms with E-state index in [2.05, 4.69) is 35.6 Å². The van der Waals surface area contributed by atoms with Gasteiger partial charge in [0.25, 0.3) is 5.95 Å². The second-order valence-electron chi connectivity index (χ2n) is 3.86. The maximum Gasteiger partial charge on any atom is 0.328 e. The number of nitrogen functional groups attached to an aromatic ring is 1. The SMILES string of the molecule is CCn1cc(Oc2nc(NN)nc(-n3cncn3)n2)cn1. The molecule has 3 aromatic heterocycles. The fourth-order valence-corrected chi connectivity index (χ4v) is 1.55. The van der Waals surface area contributed by atoms with Crippen molar-refractivity contribution in [2.75, 3.05) is 5.43 Å². The Labute approximate surface area is 118 Å². The topological polar surface area (TPSA) is 134 Å². The van der Waals surface area contributed by atoms with E-state index in [0.717, 1.165) is 6.54 Å². The maximum absolute atomic E-state index is 5.54. The van der Waals surface area contributed by atoms with Crippen molar-refractivity contribution in [1.29, 1.82) is 0 Å². The van der Waals surface area contributed by atoms with Gasteiger partial charge in [0.1, 0.15) is 12.7 Å². The average Bonchev–Trinajstić information content (AvgIpc) is 3.18. The Morgan fingerprint density at radius 2 is 2.19 bits per heavy atom. The van der Waals surface area contributed by atoms with Crippen LogP contribution in [0.5, 0.6) is 11.8 Å². The third-order valence-electron chi connectivity index (χ3n) is 2.50. The van der Waals surface area contributed by atoms with Crippen LogP contribution in [0.4, 0.5) is 5.95 Å². The van der Waals surface area contributed by atoms with Gasteiger partial charge in [-0.15, -0.1) is 0 Å². The summed E-state index contributed by atoms with van der Waals surface area (Å²) in [7, 11) is 0. The first-order valence-electron chi connectivity index (χ1n) is 6.06. The summed E-state index contributed by atoms with van der Waals surface area (Å²) in [5.41, 5.74) is 2.35. The van der Waals surface area contributed by atoms with Gasteiger partial charge in [-0.3, -0.25) is 10.1 Å². The highest BCUT2D eigenvalue weighted by molar-refractivity contribution is 5.29. The van der Waals surface area contributed by atoms with Gasteiger partial charge in [0.05, 0.1) is 12.4 Å². The predicted octanol–water partition coefficient (Wildman–Crippen LogP) is -0.253. The van der Waals surface area contributed by atoms with Gasteiger partial charge in [-0.2, -0.15) is 29.8 Å². The van der Waals surface area contributed by atoms with E-state index in [1.807, 2.05) is 6.92 Å². The Morgan fingerprint density at radius 3 is 2.86 bits per heavy atom. The summed E-state index contributed by atoms with van der Waals surface area (Å²) in [4.78, 5) is 16.0. The zero-order valence-corrected chi connectivity index (χ0v) is 11.1. The Morgan fingerprint density at radius 1 is 1.29 bits per heavy atom. The minimum absolute atomic E-state index is 0.0686. The van der Waals surface area contributed by atoms with E-state index >= 15 is 0 Å². The molecule has 0 spiro atoms. The molecule has 21 heavy (non-hydrogen) atoms. The quantitative estimate of drug-likeness (QED) is 0.481. The molecule has 3 rings (SSSR count). The van der Waals surface area contributed by atoms with Crippen LogP contribution in [0.15, 0.2) is 25.0 Å². The van der Waals surface area contributed by atoms with E-state index in [0.29, 0.717) is 5.75 Å². The summed E-state index contributed by atoms with van der Waals surface area (Å²) in [5, 5.41) is 8.04. The number of nitrogens with zero attached hydrogens (tertiary/aromatic N) is 8. The fourth-order valence-electron chi connectivity index (χ4n) is 1.55. The Bertz CT molecular complexity index is 721. The minimum atomic E-state index is 0.0686. The summed E-state index contributed by atoms with van der Waals surface area (Å²) in [6.45, 7) is 2.71. The minimum Gasteiger partial charge on any atom is -0.421 e. The Kier molecular flexibility index (Phi) is 3.39. The van der Waals surface area contributed by atoms with E-state index < -0.39 is 0 Å². The highest BCUT2D eigenvalue weighted by Crippen LogP contribution is 2.18. The smallest absolute Gasteiger partial charge is 0.328 e. The molecular weight excluding hydrogens is 276 g/mol. The molecule has 0 amide bonds. The standard InChI is InChI=1S/C10H12N10O/c1-2-19-4-7(3-13-19)21-10-16-8(18-11)15-9(17-10)20-6-12-5-14-20/h3-6H,2,11H2,1H3,(H,15,16,17,18). The van der Waals surface area contributed by atoms with Gasteiger partial charge in [0.2, 0.25) is 5.95 Å². The van der Waals surface area contributed by atoms with Gasteiger partial charge in [-0.05, 0) is 6.92 Å². The zero-order valence-electron chi connectivity index (χ0n) is 11.1. The summed E-state index contributed by atoms with van der Waals surface area (Å²) in [5.74, 6) is 6.23. The van der Waals surface area contributed by atoms with Crippen LogP contribution in [-0.2, 0) is 6.54 Å². The lowest BCUT2D eigenvalue weighted by Crippen LogP contribution is -2.14. The predicted molar refractivity (Wildman–Crippen MR) is 70.5 cm³/mol. The Hall–Kier alpha value is -3.08. The molecule has 0 aliphatic rings. The number of hydrogen-bond donors (Lipinski definition) is 2. The number of nitrogens with one attached hydrogen (secondary N) is 1. The van der Waals surface area contributed by atoms with E-state index in [-0.39, 0.29) is 17.9 Å². The van der Waals surface area contributed by atoms with Gasteiger partial charge in [-0.25, -0.2) is 10.8 Å². The van der Waals surface area contributed by atoms with Crippen LogP contribution in [0, 0.1) is 0 Å². The molecule has 0 bridgehead atoms. The summed E-state index contributed by atoms with van der Waals surface area (Å²) in [6, 6.07) is 0.0686. The summed E-state index contributed by atoms with van der Waals surface area (Å²) >= 11 is 0. The zero-order chi connectivity index (χ0) is 14.7. The summed E-state index contributed by atoms with van der Waals surface area (Å²) in [6.07, 6.45) is 6.12. The number of anilines is 1. The molecule has 0 aliphatic heterocycles. The van der Waals surface area contributed by atoms with Gasteiger partial charge in [0.15, 0.2) is 5.75 Å². The van der Waals surface area contributed by atoms with Crippen molar-refractivity contribution in [3.8, 4) is 17.7 Å². The average molecular weight is 288 g/mol. The second-order valence-corrected chi connectivity index (χ2v) is 3.86. The molecule has 108 valence electrons. The van der Waals surface area contributed by atoms with Crippen LogP contribution in [0.3, 0.4) is 0 Å². The molecule has 3 N–H and O–H groups in total. The van der Waals surface area contributed by atoms with Crippen LogP contribution in [0.2, 0.25) is 0 Å². The number of aromatic nitrogens is 8. The van der Waals surface area contributed by atoms with Gasteiger partial charge < -0.3 is 4.74 Å². The lowest BCUT2D eigenvalue weighted by atomic mass is 10.6. The van der Waals surface area contributed by atoms with Crippen molar-refractivity contribution in [3.63, 3.8) is 0 Å². The molecule has 0 unspecified atom stereocenters. The van der Waals surface area contributed by atoms with E-state index in [1.54, 1.807) is 17.1 Å². The first-order chi connectivity index (χ1) is 10.3.